The summed E-state index contributed by atoms with van der Waals surface area (Å²) in [6, 6.07) is 0.634. The van der Waals surface area contributed by atoms with Crippen molar-refractivity contribution in [3.63, 3.8) is 0 Å². The lowest BCUT2D eigenvalue weighted by Crippen LogP contribution is -2.46. The highest BCUT2D eigenvalue weighted by Gasteiger charge is 2.14. The number of hydrogen-bond acceptors (Lipinski definition) is 2. The summed E-state index contributed by atoms with van der Waals surface area (Å²) in [6.45, 7) is 16.7. The van der Waals surface area contributed by atoms with Gasteiger partial charge in [0.25, 0.3) is 0 Å². The minimum atomic E-state index is 0.238. The molecule has 2 heteroatoms. The second-order valence-corrected chi connectivity index (χ2v) is 4.70. The molecule has 0 aromatic rings. The normalized spacial score (nSPS) is 15.0. The van der Waals surface area contributed by atoms with Crippen LogP contribution in [0.1, 0.15) is 41.5 Å². The summed E-state index contributed by atoms with van der Waals surface area (Å²) in [5.74, 6) is 0. The number of nitrogens with one attached hydrogen (secondary N) is 1. The van der Waals surface area contributed by atoms with E-state index in [9.17, 15) is 0 Å². The highest BCUT2D eigenvalue weighted by molar-refractivity contribution is 4.75. The van der Waals surface area contributed by atoms with Crippen LogP contribution >= 0.6 is 0 Å². The van der Waals surface area contributed by atoms with Crippen LogP contribution in [0.25, 0.3) is 0 Å². The maximum atomic E-state index is 3.53. The predicted octanol–water partition coefficient (Wildman–Crippen LogP) is 2.10. The second-order valence-electron chi connectivity index (χ2n) is 4.70. The highest BCUT2D eigenvalue weighted by atomic mass is 15.2. The number of hydrogen-bond donors (Lipinski definition) is 1. The van der Waals surface area contributed by atoms with Crippen molar-refractivity contribution < 1.29 is 0 Å². The van der Waals surface area contributed by atoms with E-state index < -0.39 is 0 Å². The van der Waals surface area contributed by atoms with Crippen LogP contribution in [0, 0.1) is 0 Å². The molecule has 80 valence electrons. The molecular formula is C11H26N2. The molecule has 0 saturated heterocycles. The molecule has 0 saturated carbocycles. The average Bonchev–Trinajstić information content (AvgIpc) is 2.02. The van der Waals surface area contributed by atoms with E-state index in [0.29, 0.717) is 6.04 Å². The fourth-order valence-corrected chi connectivity index (χ4v) is 1.43. The Bertz CT molecular complexity index is 123. The van der Waals surface area contributed by atoms with Crippen molar-refractivity contribution in [1.29, 1.82) is 0 Å². The zero-order valence-corrected chi connectivity index (χ0v) is 10.1. The van der Waals surface area contributed by atoms with Gasteiger partial charge < -0.3 is 5.32 Å². The van der Waals surface area contributed by atoms with Gasteiger partial charge in [0.05, 0.1) is 0 Å². The van der Waals surface area contributed by atoms with Crippen LogP contribution in [0.5, 0.6) is 0 Å². The summed E-state index contributed by atoms with van der Waals surface area (Å²) in [4.78, 5) is 2.47. The monoisotopic (exact) mass is 186 g/mol. The van der Waals surface area contributed by atoms with Crippen molar-refractivity contribution in [2.75, 3.05) is 19.6 Å². The van der Waals surface area contributed by atoms with Crippen LogP contribution in [0.15, 0.2) is 0 Å². The largest absolute Gasteiger partial charge is 0.311 e. The zero-order chi connectivity index (χ0) is 10.5. The van der Waals surface area contributed by atoms with Crippen LogP contribution in [-0.4, -0.2) is 36.1 Å². The van der Waals surface area contributed by atoms with Crippen LogP contribution in [0.2, 0.25) is 0 Å². The number of likely N-dealkylation sites (N-methyl/N-ethyl adjacent to an activating group) is 1. The summed E-state index contributed by atoms with van der Waals surface area (Å²) in [6.07, 6.45) is 0. The fraction of sp³-hybridized carbons (Fsp3) is 1.00. The molecule has 1 atom stereocenters. The molecule has 0 aromatic heterocycles. The molecule has 1 N–H and O–H groups in total. The van der Waals surface area contributed by atoms with Gasteiger partial charge in [-0.3, -0.25) is 4.90 Å². The molecule has 0 radical (unpaired) electrons. The second kappa shape index (κ2) is 5.61. The van der Waals surface area contributed by atoms with E-state index in [1.54, 1.807) is 0 Å². The molecule has 0 rings (SSSR count). The van der Waals surface area contributed by atoms with Gasteiger partial charge in [0, 0.05) is 18.1 Å². The van der Waals surface area contributed by atoms with Crippen molar-refractivity contribution in [2.24, 2.45) is 0 Å². The molecule has 0 aliphatic rings. The predicted molar refractivity (Wildman–Crippen MR) is 60.1 cm³/mol. The molecule has 0 heterocycles. The minimum absolute atomic E-state index is 0.238. The van der Waals surface area contributed by atoms with Crippen molar-refractivity contribution in [3.8, 4) is 0 Å². The Hall–Kier alpha value is -0.0800. The van der Waals surface area contributed by atoms with Crippen molar-refractivity contribution in [1.82, 2.24) is 10.2 Å². The van der Waals surface area contributed by atoms with Gasteiger partial charge in [-0.2, -0.15) is 0 Å². The number of nitrogens with zero attached hydrogens (tertiary/aromatic N) is 1. The van der Waals surface area contributed by atoms with Crippen LogP contribution in [0.4, 0.5) is 0 Å². The lowest BCUT2D eigenvalue weighted by Gasteiger charge is -2.30. The highest BCUT2D eigenvalue weighted by Crippen LogP contribution is 2.02. The van der Waals surface area contributed by atoms with Gasteiger partial charge in [0.2, 0.25) is 0 Å². The molecule has 0 amide bonds. The topological polar surface area (TPSA) is 15.3 Å². The molecule has 13 heavy (non-hydrogen) atoms. The Labute approximate surface area is 83.7 Å². The Morgan fingerprint density at radius 2 is 1.62 bits per heavy atom. The summed E-state index contributed by atoms with van der Waals surface area (Å²) >= 11 is 0. The van der Waals surface area contributed by atoms with E-state index in [4.69, 9.17) is 0 Å². The van der Waals surface area contributed by atoms with Crippen LogP contribution in [0.3, 0.4) is 0 Å². The summed E-state index contributed by atoms with van der Waals surface area (Å²) in [5, 5.41) is 3.53. The first-order chi connectivity index (χ1) is 5.90. The first-order valence-corrected chi connectivity index (χ1v) is 5.39. The molecular weight excluding hydrogens is 160 g/mol. The van der Waals surface area contributed by atoms with Crippen LogP contribution in [-0.2, 0) is 0 Å². The SMILES string of the molecule is CCN(CC)C(C)CNC(C)(C)C. The summed E-state index contributed by atoms with van der Waals surface area (Å²) < 4.78 is 0. The quantitative estimate of drug-likeness (QED) is 0.707. The van der Waals surface area contributed by atoms with Gasteiger partial charge in [0.1, 0.15) is 0 Å². The molecule has 0 bridgehead atoms. The lowest BCUT2D eigenvalue weighted by atomic mass is 10.1. The van der Waals surface area contributed by atoms with Gasteiger partial charge in [-0.05, 0) is 40.8 Å². The van der Waals surface area contributed by atoms with Crippen molar-refractivity contribution in [2.45, 2.75) is 53.1 Å². The lowest BCUT2D eigenvalue weighted by molar-refractivity contribution is 0.213. The molecule has 0 fully saturated rings. The van der Waals surface area contributed by atoms with E-state index >= 15 is 0 Å². The molecule has 0 aliphatic carbocycles. The van der Waals surface area contributed by atoms with E-state index in [-0.39, 0.29) is 5.54 Å². The Kier molecular flexibility index (Phi) is 5.57. The Morgan fingerprint density at radius 1 is 1.15 bits per heavy atom. The maximum Gasteiger partial charge on any atom is 0.0192 e. The van der Waals surface area contributed by atoms with Crippen LogP contribution < -0.4 is 5.32 Å². The molecule has 0 aromatic carbocycles. The Balaban J connectivity index is 3.78. The molecule has 0 aliphatic heterocycles. The van der Waals surface area contributed by atoms with Gasteiger partial charge in [0.15, 0.2) is 0 Å². The molecule has 0 spiro atoms. The fourth-order valence-electron chi connectivity index (χ4n) is 1.43. The van der Waals surface area contributed by atoms with Gasteiger partial charge in [-0.15, -0.1) is 0 Å². The van der Waals surface area contributed by atoms with E-state index in [0.717, 1.165) is 19.6 Å². The van der Waals surface area contributed by atoms with E-state index in [1.165, 1.54) is 0 Å². The maximum absolute atomic E-state index is 3.53. The summed E-state index contributed by atoms with van der Waals surface area (Å²) in [5.41, 5.74) is 0.238. The zero-order valence-electron chi connectivity index (χ0n) is 10.1. The smallest absolute Gasteiger partial charge is 0.0192 e. The Morgan fingerprint density at radius 3 is 1.92 bits per heavy atom. The minimum Gasteiger partial charge on any atom is -0.311 e. The molecule has 1 unspecified atom stereocenters. The van der Waals surface area contributed by atoms with Gasteiger partial charge >= 0.3 is 0 Å². The average molecular weight is 186 g/mol. The van der Waals surface area contributed by atoms with Gasteiger partial charge in [-0.1, -0.05) is 13.8 Å². The third-order valence-corrected chi connectivity index (χ3v) is 2.36. The third-order valence-electron chi connectivity index (χ3n) is 2.36. The number of rotatable bonds is 5. The van der Waals surface area contributed by atoms with E-state index in [2.05, 4.69) is 51.8 Å². The standard InChI is InChI=1S/C11H26N2/c1-7-13(8-2)10(3)9-12-11(4,5)6/h10,12H,7-9H2,1-6H3. The first-order valence-electron chi connectivity index (χ1n) is 5.39. The first kappa shape index (κ1) is 12.9. The summed E-state index contributed by atoms with van der Waals surface area (Å²) in [7, 11) is 0. The third kappa shape index (κ3) is 6.05. The molecule has 2 nitrogen and oxygen atoms in total. The van der Waals surface area contributed by atoms with Crippen molar-refractivity contribution in [3.05, 3.63) is 0 Å². The van der Waals surface area contributed by atoms with Crippen molar-refractivity contribution >= 4 is 0 Å². The van der Waals surface area contributed by atoms with Gasteiger partial charge in [-0.25, -0.2) is 0 Å². The van der Waals surface area contributed by atoms with E-state index in [1.807, 2.05) is 0 Å².